The molecule has 0 saturated carbocycles. The summed E-state index contributed by atoms with van der Waals surface area (Å²) in [7, 11) is 1.66. The zero-order valence-corrected chi connectivity index (χ0v) is 14.1. The second-order valence-corrected chi connectivity index (χ2v) is 6.54. The van der Waals surface area contributed by atoms with Gasteiger partial charge in [0.15, 0.2) is 29.1 Å². The Morgan fingerprint density at radius 1 is 0.923 bits per heavy atom. The molecule has 0 aliphatic carbocycles. The fraction of sp³-hybridized carbons (Fsp3) is 0.211. The van der Waals surface area contributed by atoms with Crippen LogP contribution < -0.4 is 4.90 Å². The number of carbonyl (C=O) groups is 1. The van der Waals surface area contributed by atoms with E-state index in [2.05, 4.69) is 0 Å². The number of nitrogens with zero attached hydrogens (tertiary/aromatic N) is 1. The normalized spacial score (nSPS) is 16.9. The van der Waals surface area contributed by atoms with Crippen LogP contribution in [0, 0.1) is 29.1 Å². The molecule has 1 heterocycles. The number of carbonyl (C=O) groups excluding carboxylic acids is 1. The summed E-state index contributed by atoms with van der Waals surface area (Å²) in [5.41, 5.74) is -0.111. The van der Waals surface area contributed by atoms with Gasteiger partial charge < -0.3 is 4.90 Å². The van der Waals surface area contributed by atoms with Crippen molar-refractivity contribution in [2.24, 2.45) is 0 Å². The number of hydrogen-bond donors (Lipinski definition) is 0. The second-order valence-electron chi connectivity index (χ2n) is 6.54. The molecule has 2 nitrogen and oxygen atoms in total. The molecular weight excluding hydrogens is 353 g/mol. The van der Waals surface area contributed by atoms with E-state index in [1.54, 1.807) is 37.9 Å². The molecule has 26 heavy (non-hydrogen) atoms. The van der Waals surface area contributed by atoms with E-state index in [4.69, 9.17) is 0 Å². The van der Waals surface area contributed by atoms with Gasteiger partial charge in [0, 0.05) is 29.9 Å². The van der Waals surface area contributed by atoms with Gasteiger partial charge in [0.25, 0.3) is 0 Å². The van der Waals surface area contributed by atoms with Crippen molar-refractivity contribution in [3.63, 3.8) is 0 Å². The van der Waals surface area contributed by atoms with Gasteiger partial charge in [-0.15, -0.1) is 0 Å². The van der Waals surface area contributed by atoms with Crippen molar-refractivity contribution in [3.05, 3.63) is 76.3 Å². The first kappa shape index (κ1) is 18.1. The van der Waals surface area contributed by atoms with Gasteiger partial charge >= 0.3 is 0 Å². The minimum absolute atomic E-state index is 0.382. The lowest BCUT2D eigenvalue weighted by molar-refractivity contribution is 0.103. The standard InChI is InChI=1S/C19H14F5NO/c1-19(2)9-6-4-5-7-10(9)25(3)12(19)8-11(26)13-14(20)16(22)18(24)17(23)15(13)21/h4-8H,1-3H3. The molecule has 0 N–H and O–H groups in total. The minimum atomic E-state index is -2.30. The molecule has 0 radical (unpaired) electrons. The van der Waals surface area contributed by atoms with Gasteiger partial charge in [0.2, 0.25) is 5.82 Å². The van der Waals surface area contributed by atoms with Crippen LogP contribution in [0.3, 0.4) is 0 Å². The molecule has 1 aliphatic rings. The van der Waals surface area contributed by atoms with Crippen molar-refractivity contribution < 1.29 is 26.7 Å². The Morgan fingerprint density at radius 3 is 1.96 bits per heavy atom. The Morgan fingerprint density at radius 2 is 1.42 bits per heavy atom. The highest BCUT2D eigenvalue weighted by Gasteiger charge is 2.39. The van der Waals surface area contributed by atoms with Crippen molar-refractivity contribution in [2.45, 2.75) is 19.3 Å². The van der Waals surface area contributed by atoms with Crippen LogP contribution in [0.4, 0.5) is 27.6 Å². The molecule has 0 spiro atoms. The molecule has 0 fully saturated rings. The van der Waals surface area contributed by atoms with Gasteiger partial charge in [-0.05, 0) is 11.6 Å². The zero-order chi connectivity index (χ0) is 19.4. The quantitative estimate of drug-likeness (QED) is 0.248. The molecule has 0 bridgehead atoms. The highest BCUT2D eigenvalue weighted by molar-refractivity contribution is 6.06. The smallest absolute Gasteiger partial charge is 0.200 e. The summed E-state index contributed by atoms with van der Waals surface area (Å²) in [5, 5.41) is 0. The van der Waals surface area contributed by atoms with Crippen molar-refractivity contribution in [1.82, 2.24) is 0 Å². The van der Waals surface area contributed by atoms with Crippen LogP contribution in [-0.4, -0.2) is 12.8 Å². The Kier molecular flexibility index (Phi) is 4.13. The number of allylic oxidation sites excluding steroid dienone is 2. The summed E-state index contributed by atoms with van der Waals surface area (Å²) < 4.78 is 67.7. The molecule has 0 aromatic heterocycles. The molecule has 0 saturated heterocycles. The maximum absolute atomic E-state index is 13.9. The number of likely N-dealkylation sites (N-methyl/N-ethyl adjacent to an activating group) is 1. The summed E-state index contributed by atoms with van der Waals surface area (Å²) in [5.74, 6) is -12.2. The van der Waals surface area contributed by atoms with Crippen molar-refractivity contribution in [3.8, 4) is 0 Å². The second kappa shape index (κ2) is 5.93. The van der Waals surface area contributed by atoms with E-state index in [1.807, 2.05) is 12.1 Å². The molecule has 0 atom stereocenters. The molecule has 1 aliphatic heterocycles. The molecule has 3 rings (SSSR count). The lowest BCUT2D eigenvalue weighted by atomic mass is 9.83. The number of halogens is 5. The summed E-state index contributed by atoms with van der Waals surface area (Å²) in [4.78, 5) is 14.1. The summed E-state index contributed by atoms with van der Waals surface area (Å²) in [6.07, 6.45) is 0.915. The van der Waals surface area contributed by atoms with E-state index >= 15 is 0 Å². The largest absolute Gasteiger partial charge is 0.347 e. The van der Waals surface area contributed by atoms with Crippen LogP contribution in [0.15, 0.2) is 36.0 Å². The van der Waals surface area contributed by atoms with Crippen LogP contribution in [0.2, 0.25) is 0 Å². The van der Waals surface area contributed by atoms with Gasteiger partial charge in [-0.1, -0.05) is 32.0 Å². The third-order valence-electron chi connectivity index (χ3n) is 4.66. The number of fused-ring (bicyclic) bond motifs is 1. The third kappa shape index (κ3) is 2.41. The number of benzene rings is 2. The Bertz CT molecular complexity index is 936. The van der Waals surface area contributed by atoms with Crippen LogP contribution in [-0.2, 0) is 5.41 Å². The number of anilines is 1. The van der Waals surface area contributed by atoms with Crippen LogP contribution in [0.1, 0.15) is 29.8 Å². The van der Waals surface area contributed by atoms with Crippen LogP contribution in [0.5, 0.6) is 0 Å². The predicted octanol–water partition coefficient (Wildman–Crippen LogP) is 4.88. The van der Waals surface area contributed by atoms with Crippen LogP contribution >= 0.6 is 0 Å². The molecule has 2 aromatic carbocycles. The van der Waals surface area contributed by atoms with Crippen molar-refractivity contribution in [2.75, 3.05) is 11.9 Å². The first-order valence-corrected chi connectivity index (χ1v) is 7.70. The molecule has 7 heteroatoms. The van der Waals surface area contributed by atoms with Gasteiger partial charge in [-0.25, -0.2) is 22.0 Å². The maximum Gasteiger partial charge on any atom is 0.200 e. The van der Waals surface area contributed by atoms with E-state index in [0.29, 0.717) is 5.70 Å². The Hall–Kier alpha value is -2.70. The lowest BCUT2D eigenvalue weighted by Crippen LogP contribution is -2.24. The van der Waals surface area contributed by atoms with Gasteiger partial charge in [-0.2, -0.15) is 0 Å². The Labute approximate surface area is 146 Å². The first-order valence-electron chi connectivity index (χ1n) is 7.70. The van der Waals surface area contributed by atoms with E-state index in [9.17, 15) is 26.7 Å². The average molecular weight is 367 g/mol. The number of para-hydroxylation sites is 1. The number of hydrogen-bond acceptors (Lipinski definition) is 2. The first-order chi connectivity index (χ1) is 12.1. The van der Waals surface area contributed by atoms with E-state index in [1.165, 1.54) is 0 Å². The van der Waals surface area contributed by atoms with Crippen LogP contribution in [0.25, 0.3) is 0 Å². The highest BCUT2D eigenvalue weighted by atomic mass is 19.2. The predicted molar refractivity (Wildman–Crippen MR) is 86.5 cm³/mol. The number of ketones is 1. The van der Waals surface area contributed by atoms with E-state index < -0.39 is 45.8 Å². The van der Waals surface area contributed by atoms with Gasteiger partial charge in [-0.3, -0.25) is 4.79 Å². The zero-order valence-electron chi connectivity index (χ0n) is 14.1. The molecule has 2 aromatic rings. The highest BCUT2D eigenvalue weighted by Crippen LogP contribution is 2.46. The summed E-state index contributed by atoms with van der Waals surface area (Å²) in [6, 6.07) is 7.25. The fourth-order valence-electron chi connectivity index (χ4n) is 3.28. The Balaban J connectivity index is 2.15. The van der Waals surface area contributed by atoms with E-state index in [0.717, 1.165) is 17.3 Å². The van der Waals surface area contributed by atoms with Gasteiger partial charge in [0.05, 0.1) is 5.56 Å². The summed E-state index contributed by atoms with van der Waals surface area (Å²) >= 11 is 0. The fourth-order valence-corrected chi connectivity index (χ4v) is 3.28. The monoisotopic (exact) mass is 367 g/mol. The molecular formula is C19H14F5NO. The molecule has 0 amide bonds. The SMILES string of the molecule is CN1C(=CC(=O)c2c(F)c(F)c(F)c(F)c2F)C(C)(C)c2ccccc21. The van der Waals surface area contributed by atoms with Crippen molar-refractivity contribution in [1.29, 1.82) is 0 Å². The lowest BCUT2D eigenvalue weighted by Gasteiger charge is -2.24. The minimum Gasteiger partial charge on any atom is -0.347 e. The number of rotatable bonds is 2. The average Bonchev–Trinajstić information content (AvgIpc) is 2.80. The maximum atomic E-state index is 13.9. The van der Waals surface area contributed by atoms with E-state index in [-0.39, 0.29) is 0 Å². The van der Waals surface area contributed by atoms with Crippen molar-refractivity contribution >= 4 is 11.5 Å². The van der Waals surface area contributed by atoms with Gasteiger partial charge in [0.1, 0.15) is 0 Å². The molecule has 0 unspecified atom stereocenters. The topological polar surface area (TPSA) is 20.3 Å². The third-order valence-corrected chi connectivity index (χ3v) is 4.66. The molecule has 136 valence electrons. The summed E-state index contributed by atoms with van der Waals surface area (Å²) in [6.45, 7) is 3.60.